The maximum atomic E-state index is 11.1. The number of ether oxygens (including phenoxy) is 1. The van der Waals surface area contributed by atoms with E-state index in [2.05, 4.69) is 5.32 Å². The summed E-state index contributed by atoms with van der Waals surface area (Å²) in [5.74, 6) is -0.387. The van der Waals surface area contributed by atoms with Crippen molar-refractivity contribution in [2.24, 2.45) is 5.73 Å². The Morgan fingerprint density at radius 3 is 2.95 bits per heavy atom. The Kier molecular flexibility index (Phi) is 4.93. The van der Waals surface area contributed by atoms with Crippen LogP contribution in [-0.2, 0) is 11.3 Å². The molecule has 1 aromatic carbocycles. The molecule has 0 aromatic heterocycles. The fourth-order valence-corrected chi connectivity index (χ4v) is 2.39. The van der Waals surface area contributed by atoms with Gasteiger partial charge in [0.25, 0.3) is 0 Å². The van der Waals surface area contributed by atoms with Gasteiger partial charge in [0.1, 0.15) is 0 Å². The van der Waals surface area contributed by atoms with Crippen LogP contribution in [0.3, 0.4) is 0 Å². The highest BCUT2D eigenvalue weighted by atomic mass is 16.5. The van der Waals surface area contributed by atoms with Crippen molar-refractivity contribution in [2.45, 2.75) is 38.8 Å². The molecule has 0 bridgehead atoms. The van der Waals surface area contributed by atoms with E-state index in [0.29, 0.717) is 18.2 Å². The van der Waals surface area contributed by atoms with Gasteiger partial charge < -0.3 is 15.8 Å². The molecule has 1 atom stereocenters. The summed E-state index contributed by atoms with van der Waals surface area (Å²) in [5, 5.41) is 3.46. The van der Waals surface area contributed by atoms with E-state index in [-0.39, 0.29) is 5.91 Å². The molecule has 2 rings (SSSR count). The van der Waals surface area contributed by atoms with Crippen LogP contribution in [0.4, 0.5) is 0 Å². The Bertz CT molecular complexity index is 440. The van der Waals surface area contributed by atoms with Crippen LogP contribution in [0.5, 0.6) is 0 Å². The fraction of sp³-hybridized carbons (Fsp3) is 0.533. The van der Waals surface area contributed by atoms with E-state index in [4.69, 9.17) is 10.5 Å². The minimum atomic E-state index is -0.387. The molecule has 0 radical (unpaired) electrons. The summed E-state index contributed by atoms with van der Waals surface area (Å²) < 4.78 is 5.76. The van der Waals surface area contributed by atoms with Crippen LogP contribution >= 0.6 is 0 Å². The minimum Gasteiger partial charge on any atom is -0.375 e. The number of carbonyl (C=O) groups is 1. The Morgan fingerprint density at radius 2 is 2.32 bits per heavy atom. The predicted octanol–water partition coefficient (Wildman–Crippen LogP) is 1.75. The summed E-state index contributed by atoms with van der Waals surface area (Å²) >= 11 is 0. The third-order valence-electron chi connectivity index (χ3n) is 3.62. The van der Waals surface area contributed by atoms with E-state index in [1.165, 1.54) is 19.3 Å². The summed E-state index contributed by atoms with van der Waals surface area (Å²) in [7, 11) is 0. The molecule has 1 saturated heterocycles. The molecule has 1 fully saturated rings. The highest BCUT2D eigenvalue weighted by Crippen LogP contribution is 2.13. The molecule has 1 amide bonds. The van der Waals surface area contributed by atoms with Crippen LogP contribution in [0, 0.1) is 6.92 Å². The zero-order valence-electron chi connectivity index (χ0n) is 11.4. The van der Waals surface area contributed by atoms with Crippen LogP contribution in [-0.4, -0.2) is 25.1 Å². The number of rotatable bonds is 5. The summed E-state index contributed by atoms with van der Waals surface area (Å²) in [6.45, 7) is 4.41. The first-order valence-corrected chi connectivity index (χ1v) is 6.87. The lowest BCUT2D eigenvalue weighted by Crippen LogP contribution is -2.37. The second kappa shape index (κ2) is 6.68. The molecule has 1 heterocycles. The van der Waals surface area contributed by atoms with E-state index >= 15 is 0 Å². The lowest BCUT2D eigenvalue weighted by atomic mass is 10.0. The summed E-state index contributed by atoms with van der Waals surface area (Å²) in [6.07, 6.45) is 3.75. The van der Waals surface area contributed by atoms with Gasteiger partial charge in [-0.2, -0.15) is 0 Å². The van der Waals surface area contributed by atoms with Crippen molar-refractivity contribution < 1.29 is 9.53 Å². The molecule has 1 aromatic rings. The number of hydrogen-bond donors (Lipinski definition) is 2. The molecule has 1 aliphatic rings. The third kappa shape index (κ3) is 4.04. The van der Waals surface area contributed by atoms with Gasteiger partial charge in [-0.05, 0) is 49.6 Å². The maximum Gasteiger partial charge on any atom is 0.248 e. The van der Waals surface area contributed by atoms with Gasteiger partial charge in [-0.3, -0.25) is 4.79 Å². The number of aryl methyl sites for hydroxylation is 1. The lowest BCUT2D eigenvalue weighted by Gasteiger charge is -2.23. The van der Waals surface area contributed by atoms with Gasteiger partial charge in [0.05, 0.1) is 13.2 Å². The summed E-state index contributed by atoms with van der Waals surface area (Å²) in [6, 6.07) is 5.98. The first kappa shape index (κ1) is 14.0. The van der Waals surface area contributed by atoms with Crippen LogP contribution < -0.4 is 11.1 Å². The van der Waals surface area contributed by atoms with Crippen molar-refractivity contribution in [2.75, 3.05) is 13.2 Å². The van der Waals surface area contributed by atoms with Gasteiger partial charge >= 0.3 is 0 Å². The summed E-state index contributed by atoms with van der Waals surface area (Å²) in [4.78, 5) is 11.1. The van der Waals surface area contributed by atoms with Crippen molar-refractivity contribution >= 4 is 5.91 Å². The standard InChI is InChI=1S/C15H22N2O2/c1-11-8-12(15(16)18)5-6-13(11)9-19-10-14-4-2-3-7-17-14/h5-6,8,14,17H,2-4,7,9-10H2,1H3,(H2,16,18). The van der Waals surface area contributed by atoms with Crippen molar-refractivity contribution in [1.29, 1.82) is 0 Å². The van der Waals surface area contributed by atoms with Crippen molar-refractivity contribution in [3.8, 4) is 0 Å². The first-order chi connectivity index (χ1) is 9.16. The van der Waals surface area contributed by atoms with E-state index < -0.39 is 0 Å². The molecule has 0 spiro atoms. The number of carbonyl (C=O) groups excluding carboxylic acids is 1. The molecule has 4 heteroatoms. The molecule has 4 nitrogen and oxygen atoms in total. The van der Waals surface area contributed by atoms with E-state index in [1.54, 1.807) is 6.07 Å². The average Bonchev–Trinajstić information content (AvgIpc) is 2.41. The number of benzene rings is 1. The zero-order chi connectivity index (χ0) is 13.7. The van der Waals surface area contributed by atoms with Crippen LogP contribution in [0.25, 0.3) is 0 Å². The highest BCUT2D eigenvalue weighted by molar-refractivity contribution is 5.93. The van der Waals surface area contributed by atoms with Gasteiger partial charge in [0, 0.05) is 11.6 Å². The molecular weight excluding hydrogens is 240 g/mol. The predicted molar refractivity (Wildman–Crippen MR) is 75.0 cm³/mol. The van der Waals surface area contributed by atoms with Crippen LogP contribution in [0.2, 0.25) is 0 Å². The number of nitrogens with one attached hydrogen (secondary N) is 1. The largest absolute Gasteiger partial charge is 0.375 e. The Morgan fingerprint density at radius 1 is 1.47 bits per heavy atom. The smallest absolute Gasteiger partial charge is 0.248 e. The van der Waals surface area contributed by atoms with Gasteiger partial charge in [0.2, 0.25) is 5.91 Å². The second-order valence-electron chi connectivity index (χ2n) is 5.17. The molecule has 1 aliphatic heterocycles. The Hall–Kier alpha value is -1.39. The monoisotopic (exact) mass is 262 g/mol. The number of amides is 1. The van der Waals surface area contributed by atoms with E-state index in [9.17, 15) is 4.79 Å². The van der Waals surface area contributed by atoms with Gasteiger partial charge in [-0.15, -0.1) is 0 Å². The lowest BCUT2D eigenvalue weighted by molar-refractivity contribution is 0.0907. The third-order valence-corrected chi connectivity index (χ3v) is 3.62. The first-order valence-electron chi connectivity index (χ1n) is 6.87. The van der Waals surface area contributed by atoms with Gasteiger partial charge in [-0.1, -0.05) is 12.5 Å². The maximum absolute atomic E-state index is 11.1. The van der Waals surface area contributed by atoms with E-state index in [1.807, 2.05) is 19.1 Å². The molecule has 3 N–H and O–H groups in total. The molecule has 1 unspecified atom stereocenters. The normalized spacial score (nSPS) is 19.3. The number of piperidine rings is 1. The van der Waals surface area contributed by atoms with Crippen molar-refractivity contribution in [1.82, 2.24) is 5.32 Å². The molecule has 19 heavy (non-hydrogen) atoms. The number of nitrogens with two attached hydrogens (primary N) is 1. The van der Waals surface area contributed by atoms with E-state index in [0.717, 1.165) is 24.3 Å². The molecule has 104 valence electrons. The van der Waals surface area contributed by atoms with Gasteiger partial charge in [-0.25, -0.2) is 0 Å². The summed E-state index contributed by atoms with van der Waals surface area (Å²) in [5.41, 5.74) is 7.96. The van der Waals surface area contributed by atoms with Crippen LogP contribution in [0.1, 0.15) is 40.7 Å². The molecule has 0 saturated carbocycles. The Balaban J connectivity index is 1.83. The van der Waals surface area contributed by atoms with Gasteiger partial charge in [0.15, 0.2) is 0 Å². The number of primary amides is 1. The number of hydrogen-bond acceptors (Lipinski definition) is 3. The van der Waals surface area contributed by atoms with Crippen LogP contribution in [0.15, 0.2) is 18.2 Å². The fourth-order valence-electron chi connectivity index (χ4n) is 2.39. The molecule has 0 aliphatic carbocycles. The van der Waals surface area contributed by atoms with Crippen molar-refractivity contribution in [3.05, 3.63) is 34.9 Å². The zero-order valence-corrected chi connectivity index (χ0v) is 11.4. The highest BCUT2D eigenvalue weighted by Gasteiger charge is 2.12. The average molecular weight is 262 g/mol. The minimum absolute atomic E-state index is 0.387. The SMILES string of the molecule is Cc1cc(C(N)=O)ccc1COCC1CCCCN1. The second-order valence-corrected chi connectivity index (χ2v) is 5.17. The quantitative estimate of drug-likeness (QED) is 0.849. The Labute approximate surface area is 114 Å². The molecular formula is C15H22N2O2. The van der Waals surface area contributed by atoms with Crippen molar-refractivity contribution in [3.63, 3.8) is 0 Å². The topological polar surface area (TPSA) is 64.4 Å².